The Labute approximate surface area is 216 Å². The van der Waals surface area contributed by atoms with Gasteiger partial charge in [0.15, 0.2) is 17.3 Å². The third kappa shape index (κ3) is 5.58. The van der Waals surface area contributed by atoms with Crippen LogP contribution in [0.2, 0.25) is 5.02 Å². The minimum absolute atomic E-state index is 0.0612. The van der Waals surface area contributed by atoms with Crippen LogP contribution < -0.4 is 15.4 Å². The molecule has 5 nitrogen and oxygen atoms in total. The summed E-state index contributed by atoms with van der Waals surface area (Å²) in [5.74, 6) is -3.61. The number of carbonyl (C=O) groups is 2. The van der Waals surface area contributed by atoms with E-state index in [0.717, 1.165) is 41.8 Å². The average molecular weight is 557 g/mol. The van der Waals surface area contributed by atoms with Crippen molar-refractivity contribution in [3.63, 3.8) is 0 Å². The molecule has 188 valence electrons. The van der Waals surface area contributed by atoms with Crippen LogP contribution in [0.25, 0.3) is 0 Å². The Balaban J connectivity index is 1.64. The van der Waals surface area contributed by atoms with E-state index in [1.165, 1.54) is 0 Å². The zero-order valence-electron chi connectivity index (χ0n) is 18.5. The van der Waals surface area contributed by atoms with Gasteiger partial charge in [-0.25, -0.2) is 22.4 Å². The van der Waals surface area contributed by atoms with E-state index in [9.17, 15) is 27.2 Å². The lowest BCUT2D eigenvalue weighted by Gasteiger charge is -2.21. The van der Waals surface area contributed by atoms with Crippen molar-refractivity contribution in [2.24, 2.45) is 0 Å². The highest BCUT2D eigenvalue weighted by molar-refractivity contribution is 8.19. The summed E-state index contributed by atoms with van der Waals surface area (Å²) in [4.78, 5) is 24.8. The molecular formula is C24H17ClF4N2O3S2. The van der Waals surface area contributed by atoms with Crippen LogP contribution in [0, 0.1) is 30.2 Å². The van der Waals surface area contributed by atoms with Gasteiger partial charge in [-0.15, -0.1) is 23.5 Å². The van der Waals surface area contributed by atoms with Crippen molar-refractivity contribution in [2.45, 2.75) is 11.5 Å². The first kappa shape index (κ1) is 26.2. The number of ether oxygens (including phenoxy) is 1. The molecule has 1 aliphatic heterocycles. The third-order valence-electron chi connectivity index (χ3n) is 5.14. The molecule has 2 N–H and O–H groups in total. The molecule has 36 heavy (non-hydrogen) atoms. The van der Waals surface area contributed by atoms with Gasteiger partial charge in [0.2, 0.25) is 0 Å². The Kier molecular flexibility index (Phi) is 8.01. The third-order valence-corrected chi connectivity index (χ3v) is 8.66. The predicted molar refractivity (Wildman–Crippen MR) is 133 cm³/mol. The summed E-state index contributed by atoms with van der Waals surface area (Å²) in [5, 5.41) is 4.42. The van der Waals surface area contributed by atoms with Crippen molar-refractivity contribution < 1.29 is 31.9 Å². The standard InChI is InChI=1S/C24H17ClF4N2O3S2/c1-11-17(30-24(33)31-22(32)19-14(27)3-2-4-15(19)28)10-13(23-35-7-8-36-23)21(20(11)25)34-18-6-5-12(26)9-16(18)29/h2-6,9-10,23H,7-8H2,1H3,(H2,30,31,32,33). The van der Waals surface area contributed by atoms with Gasteiger partial charge in [-0.05, 0) is 42.8 Å². The Morgan fingerprint density at radius 2 is 1.67 bits per heavy atom. The van der Waals surface area contributed by atoms with Gasteiger partial charge >= 0.3 is 6.03 Å². The van der Waals surface area contributed by atoms with Crippen LogP contribution in [0.3, 0.4) is 0 Å². The molecule has 0 aromatic heterocycles. The van der Waals surface area contributed by atoms with Gasteiger partial charge < -0.3 is 10.1 Å². The SMILES string of the molecule is Cc1c(NC(=O)NC(=O)c2c(F)cccc2F)cc(C2SCCS2)c(Oc2ccc(F)cc2F)c1Cl. The Morgan fingerprint density at radius 1 is 1.00 bits per heavy atom. The first-order chi connectivity index (χ1) is 17.2. The van der Waals surface area contributed by atoms with E-state index in [0.29, 0.717) is 17.2 Å². The van der Waals surface area contributed by atoms with E-state index in [1.807, 2.05) is 5.32 Å². The van der Waals surface area contributed by atoms with Crippen LogP contribution in [-0.4, -0.2) is 23.4 Å². The lowest BCUT2D eigenvalue weighted by atomic mass is 10.1. The highest BCUT2D eigenvalue weighted by atomic mass is 35.5. The summed E-state index contributed by atoms with van der Waals surface area (Å²) in [6.45, 7) is 1.56. The fraction of sp³-hybridized carbons (Fsp3) is 0.167. The number of nitrogens with one attached hydrogen (secondary N) is 2. The van der Waals surface area contributed by atoms with Gasteiger partial charge in [0.1, 0.15) is 23.0 Å². The van der Waals surface area contributed by atoms with Crippen LogP contribution in [0.1, 0.15) is 26.1 Å². The predicted octanol–water partition coefficient (Wildman–Crippen LogP) is 7.44. The molecule has 0 radical (unpaired) electrons. The van der Waals surface area contributed by atoms with Gasteiger partial charge in [0.05, 0.1) is 9.60 Å². The lowest BCUT2D eigenvalue weighted by molar-refractivity contribution is 0.0959. The quantitative estimate of drug-likeness (QED) is 0.320. The smallest absolute Gasteiger partial charge is 0.326 e. The maximum Gasteiger partial charge on any atom is 0.326 e. The first-order valence-electron chi connectivity index (χ1n) is 10.4. The van der Waals surface area contributed by atoms with E-state index in [1.54, 1.807) is 36.5 Å². The Hall–Kier alpha value is -2.89. The number of anilines is 1. The number of hydrogen-bond donors (Lipinski definition) is 2. The summed E-state index contributed by atoms with van der Waals surface area (Å²) in [7, 11) is 0. The number of benzene rings is 3. The maximum absolute atomic E-state index is 14.3. The zero-order valence-corrected chi connectivity index (χ0v) is 20.9. The zero-order chi connectivity index (χ0) is 26.0. The van der Waals surface area contributed by atoms with Gasteiger partial charge in [-0.2, -0.15) is 0 Å². The van der Waals surface area contributed by atoms with E-state index in [2.05, 4.69) is 5.32 Å². The molecule has 0 bridgehead atoms. The average Bonchev–Trinajstić information content (AvgIpc) is 3.35. The molecule has 1 fully saturated rings. The van der Waals surface area contributed by atoms with Crippen molar-refractivity contribution in [3.8, 4) is 11.5 Å². The van der Waals surface area contributed by atoms with Crippen LogP contribution in [0.15, 0.2) is 42.5 Å². The molecular weight excluding hydrogens is 540 g/mol. The number of carbonyl (C=O) groups excluding carboxylic acids is 2. The van der Waals surface area contributed by atoms with Crippen molar-refractivity contribution in [1.29, 1.82) is 0 Å². The molecule has 1 saturated heterocycles. The molecule has 0 aliphatic carbocycles. The van der Waals surface area contributed by atoms with Crippen LogP contribution in [-0.2, 0) is 0 Å². The topological polar surface area (TPSA) is 67.4 Å². The van der Waals surface area contributed by atoms with Crippen LogP contribution >= 0.6 is 35.1 Å². The van der Waals surface area contributed by atoms with Crippen molar-refractivity contribution in [1.82, 2.24) is 5.32 Å². The first-order valence-corrected chi connectivity index (χ1v) is 12.9. The number of imide groups is 1. The second kappa shape index (κ2) is 11.0. The number of urea groups is 1. The summed E-state index contributed by atoms with van der Waals surface area (Å²) in [6, 6.07) is 6.28. The van der Waals surface area contributed by atoms with Crippen molar-refractivity contribution in [2.75, 3.05) is 16.8 Å². The maximum atomic E-state index is 14.3. The Morgan fingerprint density at radius 3 is 2.31 bits per heavy atom. The van der Waals surface area contributed by atoms with E-state index < -0.39 is 40.8 Å². The number of thioether (sulfide) groups is 2. The van der Waals surface area contributed by atoms with E-state index in [4.69, 9.17) is 16.3 Å². The summed E-state index contributed by atoms with van der Waals surface area (Å²) in [6.07, 6.45) is 0. The van der Waals surface area contributed by atoms with Crippen molar-refractivity contribution >= 4 is 52.8 Å². The summed E-state index contributed by atoms with van der Waals surface area (Å²) in [5.41, 5.74) is 0.162. The molecule has 1 heterocycles. The largest absolute Gasteiger partial charge is 0.452 e. The minimum atomic E-state index is -1.26. The lowest BCUT2D eigenvalue weighted by Crippen LogP contribution is -2.35. The second-order valence-electron chi connectivity index (χ2n) is 7.54. The molecule has 3 amide bonds. The normalized spacial score (nSPS) is 13.5. The van der Waals surface area contributed by atoms with Gasteiger partial charge in [0, 0.05) is 28.8 Å². The number of rotatable bonds is 5. The number of amides is 3. The Bertz CT molecular complexity index is 1330. The number of halogens is 5. The molecule has 3 aromatic carbocycles. The fourth-order valence-electron chi connectivity index (χ4n) is 3.39. The van der Waals surface area contributed by atoms with E-state index in [-0.39, 0.29) is 26.8 Å². The monoisotopic (exact) mass is 556 g/mol. The fourth-order valence-corrected chi connectivity index (χ4v) is 6.51. The molecule has 1 aliphatic rings. The minimum Gasteiger partial charge on any atom is -0.452 e. The molecule has 12 heteroatoms. The number of hydrogen-bond acceptors (Lipinski definition) is 5. The van der Waals surface area contributed by atoms with Crippen molar-refractivity contribution in [3.05, 3.63) is 87.4 Å². The molecule has 0 unspecified atom stereocenters. The summed E-state index contributed by atoms with van der Waals surface area (Å²) < 4.78 is 61.0. The van der Waals surface area contributed by atoms with Gasteiger partial charge in [0.25, 0.3) is 5.91 Å². The molecule has 0 spiro atoms. The molecule has 3 aromatic rings. The van der Waals surface area contributed by atoms with Crippen LogP contribution in [0.4, 0.5) is 28.0 Å². The highest BCUT2D eigenvalue weighted by Gasteiger charge is 2.28. The van der Waals surface area contributed by atoms with Gasteiger partial charge in [-0.3, -0.25) is 10.1 Å². The molecule has 4 rings (SSSR count). The van der Waals surface area contributed by atoms with Crippen LogP contribution in [0.5, 0.6) is 11.5 Å². The highest BCUT2D eigenvalue weighted by Crippen LogP contribution is 2.52. The molecule has 0 saturated carbocycles. The van der Waals surface area contributed by atoms with E-state index >= 15 is 0 Å². The molecule has 0 atom stereocenters. The summed E-state index contributed by atoms with van der Waals surface area (Å²) >= 11 is 9.73. The van der Waals surface area contributed by atoms with Gasteiger partial charge in [-0.1, -0.05) is 17.7 Å². The second-order valence-corrected chi connectivity index (χ2v) is 10.6.